The van der Waals surface area contributed by atoms with Gasteiger partial charge in [0.25, 0.3) is 5.56 Å². The van der Waals surface area contributed by atoms with Crippen molar-refractivity contribution in [3.05, 3.63) is 63.7 Å². The van der Waals surface area contributed by atoms with Crippen molar-refractivity contribution >= 4 is 45.9 Å². The van der Waals surface area contributed by atoms with Crippen LogP contribution < -0.4 is 10.5 Å². The number of hydrogen-bond donors (Lipinski definition) is 0. The van der Waals surface area contributed by atoms with Gasteiger partial charge in [0.1, 0.15) is 5.82 Å². The number of anilines is 1. The fourth-order valence-corrected chi connectivity index (χ4v) is 4.42. The fourth-order valence-electron chi connectivity index (χ4n) is 3.35. The third-order valence-corrected chi connectivity index (χ3v) is 6.14. The molecule has 0 spiro atoms. The standard InChI is InChI=1S/C24H27ClFN3O3S/c1-4-28(19-9-7-18(26)8-10-19)22(30)15-33-24-27-21-14-17(25)6-11-20(21)23(31)29(24)12-5-13-32-16(2)3/h6-11,14,16H,4-5,12-13,15H2,1-3H3. The Balaban J connectivity index is 1.84. The van der Waals surface area contributed by atoms with E-state index in [4.69, 9.17) is 16.3 Å². The van der Waals surface area contributed by atoms with E-state index in [1.54, 1.807) is 39.8 Å². The van der Waals surface area contributed by atoms with Crippen LogP contribution in [0.1, 0.15) is 27.2 Å². The molecule has 0 saturated carbocycles. The van der Waals surface area contributed by atoms with E-state index in [1.807, 2.05) is 20.8 Å². The number of amides is 1. The summed E-state index contributed by atoms with van der Waals surface area (Å²) >= 11 is 7.30. The molecule has 0 radical (unpaired) electrons. The molecule has 33 heavy (non-hydrogen) atoms. The Morgan fingerprint density at radius 2 is 1.97 bits per heavy atom. The minimum absolute atomic E-state index is 0.0756. The smallest absolute Gasteiger partial charge is 0.262 e. The van der Waals surface area contributed by atoms with E-state index in [2.05, 4.69) is 4.98 Å². The van der Waals surface area contributed by atoms with Crippen molar-refractivity contribution in [3.8, 4) is 0 Å². The lowest BCUT2D eigenvalue weighted by molar-refractivity contribution is -0.116. The molecule has 0 aliphatic rings. The van der Waals surface area contributed by atoms with Crippen LogP contribution in [0, 0.1) is 5.82 Å². The van der Waals surface area contributed by atoms with Crippen molar-refractivity contribution in [1.82, 2.24) is 9.55 Å². The third-order valence-electron chi connectivity index (χ3n) is 4.94. The molecule has 0 aliphatic heterocycles. The van der Waals surface area contributed by atoms with Crippen LogP contribution in [0.3, 0.4) is 0 Å². The Hall–Kier alpha value is -2.42. The summed E-state index contributed by atoms with van der Waals surface area (Å²) in [5, 5.41) is 1.40. The molecule has 2 aromatic carbocycles. The molecule has 9 heteroatoms. The predicted octanol–water partition coefficient (Wildman–Crippen LogP) is 5.15. The maximum absolute atomic E-state index is 13.3. The lowest BCUT2D eigenvalue weighted by Crippen LogP contribution is -2.32. The van der Waals surface area contributed by atoms with Gasteiger partial charge in [-0.05, 0) is 69.7 Å². The third kappa shape index (κ3) is 6.56. The van der Waals surface area contributed by atoms with Gasteiger partial charge < -0.3 is 9.64 Å². The quantitative estimate of drug-likeness (QED) is 0.223. The molecule has 176 valence electrons. The summed E-state index contributed by atoms with van der Waals surface area (Å²) < 4.78 is 20.5. The first-order chi connectivity index (χ1) is 15.8. The molecule has 3 aromatic rings. The molecule has 1 amide bonds. The van der Waals surface area contributed by atoms with E-state index in [0.29, 0.717) is 52.9 Å². The predicted molar refractivity (Wildman–Crippen MR) is 132 cm³/mol. The highest BCUT2D eigenvalue weighted by Gasteiger charge is 2.18. The zero-order valence-electron chi connectivity index (χ0n) is 18.9. The SMILES string of the molecule is CCN(C(=O)CSc1nc2cc(Cl)ccc2c(=O)n1CCCOC(C)C)c1ccc(F)cc1. The number of hydrogen-bond acceptors (Lipinski definition) is 5. The maximum Gasteiger partial charge on any atom is 0.262 e. The summed E-state index contributed by atoms with van der Waals surface area (Å²) in [6.45, 7) is 7.14. The second-order valence-electron chi connectivity index (χ2n) is 7.69. The summed E-state index contributed by atoms with van der Waals surface area (Å²) in [7, 11) is 0. The lowest BCUT2D eigenvalue weighted by Gasteiger charge is -2.21. The number of aromatic nitrogens is 2. The van der Waals surface area contributed by atoms with Gasteiger partial charge in [-0.25, -0.2) is 9.37 Å². The van der Waals surface area contributed by atoms with Crippen LogP contribution in [0.4, 0.5) is 10.1 Å². The second kappa shape index (κ2) is 11.6. The van der Waals surface area contributed by atoms with Crippen molar-refractivity contribution in [1.29, 1.82) is 0 Å². The average molecular weight is 492 g/mol. The summed E-state index contributed by atoms with van der Waals surface area (Å²) in [4.78, 5) is 32.3. The van der Waals surface area contributed by atoms with E-state index in [0.717, 1.165) is 0 Å². The van der Waals surface area contributed by atoms with Crippen LogP contribution in [0.5, 0.6) is 0 Å². The summed E-state index contributed by atoms with van der Waals surface area (Å²) in [5.41, 5.74) is 0.927. The van der Waals surface area contributed by atoms with Gasteiger partial charge in [-0.2, -0.15) is 0 Å². The molecule has 1 heterocycles. The van der Waals surface area contributed by atoms with E-state index in [9.17, 15) is 14.0 Å². The fraction of sp³-hybridized carbons (Fsp3) is 0.375. The van der Waals surface area contributed by atoms with E-state index < -0.39 is 0 Å². The number of carbonyl (C=O) groups is 1. The number of thioether (sulfide) groups is 1. The van der Waals surface area contributed by atoms with Crippen molar-refractivity contribution in [3.63, 3.8) is 0 Å². The highest BCUT2D eigenvalue weighted by molar-refractivity contribution is 7.99. The molecule has 3 rings (SSSR count). The Morgan fingerprint density at radius 3 is 2.64 bits per heavy atom. The normalized spacial score (nSPS) is 11.3. The molecule has 0 fully saturated rings. The summed E-state index contributed by atoms with van der Waals surface area (Å²) in [5.74, 6) is -0.447. The topological polar surface area (TPSA) is 64.4 Å². The van der Waals surface area contributed by atoms with Gasteiger partial charge in [0, 0.05) is 30.4 Å². The number of benzene rings is 2. The van der Waals surface area contributed by atoms with Crippen LogP contribution in [-0.4, -0.2) is 40.5 Å². The Bertz CT molecular complexity index is 1170. The Kier molecular flexibility index (Phi) is 8.88. The molecule has 0 aliphatic carbocycles. The molecule has 0 saturated heterocycles. The van der Waals surface area contributed by atoms with Gasteiger partial charge in [-0.15, -0.1) is 0 Å². The van der Waals surface area contributed by atoms with Crippen LogP contribution in [0.15, 0.2) is 52.4 Å². The molecule has 0 unspecified atom stereocenters. The van der Waals surface area contributed by atoms with Gasteiger partial charge in [0.05, 0.1) is 22.8 Å². The number of rotatable bonds is 10. The lowest BCUT2D eigenvalue weighted by atomic mass is 10.2. The van der Waals surface area contributed by atoms with Gasteiger partial charge in [0.15, 0.2) is 5.16 Å². The van der Waals surface area contributed by atoms with Crippen LogP contribution in [0.25, 0.3) is 10.9 Å². The zero-order valence-corrected chi connectivity index (χ0v) is 20.5. The molecule has 1 aromatic heterocycles. The van der Waals surface area contributed by atoms with Gasteiger partial charge in [-0.3, -0.25) is 14.2 Å². The number of halogens is 2. The first-order valence-corrected chi connectivity index (χ1v) is 12.2. The monoisotopic (exact) mass is 491 g/mol. The number of ether oxygens (including phenoxy) is 1. The van der Waals surface area contributed by atoms with Crippen molar-refractivity contribution < 1.29 is 13.9 Å². The van der Waals surface area contributed by atoms with Crippen molar-refractivity contribution in [2.75, 3.05) is 23.8 Å². The van der Waals surface area contributed by atoms with Gasteiger partial charge in [0.2, 0.25) is 5.91 Å². The van der Waals surface area contributed by atoms with E-state index in [-0.39, 0.29) is 29.1 Å². The largest absolute Gasteiger partial charge is 0.379 e. The highest BCUT2D eigenvalue weighted by Crippen LogP contribution is 2.23. The van der Waals surface area contributed by atoms with Crippen molar-refractivity contribution in [2.24, 2.45) is 0 Å². The molecule has 0 N–H and O–H groups in total. The number of carbonyl (C=O) groups excluding carboxylic acids is 1. The van der Waals surface area contributed by atoms with Crippen LogP contribution in [0.2, 0.25) is 5.02 Å². The first kappa shape index (κ1) is 25.2. The molecular formula is C24H27ClFN3O3S. The zero-order chi connectivity index (χ0) is 24.0. The number of nitrogens with zero attached hydrogens (tertiary/aromatic N) is 3. The minimum atomic E-state index is -0.360. The second-order valence-corrected chi connectivity index (χ2v) is 9.07. The van der Waals surface area contributed by atoms with Crippen LogP contribution in [-0.2, 0) is 16.1 Å². The number of fused-ring (bicyclic) bond motifs is 1. The average Bonchev–Trinajstić information content (AvgIpc) is 2.78. The van der Waals surface area contributed by atoms with Crippen LogP contribution >= 0.6 is 23.4 Å². The Labute approximate surface area is 201 Å². The molecule has 0 atom stereocenters. The highest BCUT2D eigenvalue weighted by atomic mass is 35.5. The minimum Gasteiger partial charge on any atom is -0.379 e. The molecule has 6 nitrogen and oxygen atoms in total. The summed E-state index contributed by atoms with van der Waals surface area (Å²) in [6.07, 6.45) is 0.744. The summed E-state index contributed by atoms with van der Waals surface area (Å²) in [6, 6.07) is 10.8. The van der Waals surface area contributed by atoms with E-state index in [1.165, 1.54) is 23.9 Å². The van der Waals surface area contributed by atoms with Gasteiger partial charge >= 0.3 is 0 Å². The maximum atomic E-state index is 13.3. The van der Waals surface area contributed by atoms with E-state index >= 15 is 0 Å². The first-order valence-electron chi connectivity index (χ1n) is 10.8. The van der Waals surface area contributed by atoms with Gasteiger partial charge in [-0.1, -0.05) is 23.4 Å². The molecule has 0 bridgehead atoms. The molecular weight excluding hydrogens is 465 g/mol. The van der Waals surface area contributed by atoms with Crippen molar-refractivity contribution in [2.45, 2.75) is 45.0 Å². The Morgan fingerprint density at radius 1 is 1.24 bits per heavy atom.